The summed E-state index contributed by atoms with van der Waals surface area (Å²) in [5.74, 6) is -3.65. The van der Waals surface area contributed by atoms with E-state index in [-0.39, 0.29) is 5.78 Å². The lowest BCUT2D eigenvalue weighted by molar-refractivity contribution is -0.113. The van der Waals surface area contributed by atoms with Gasteiger partial charge in [-0.05, 0) is 28.6 Å². The summed E-state index contributed by atoms with van der Waals surface area (Å²) in [6, 6.07) is 0. The van der Waals surface area contributed by atoms with Gasteiger partial charge in [-0.15, -0.1) is 0 Å². The molecular weight excluding hydrogens is 206 g/mol. The first-order valence-corrected chi connectivity index (χ1v) is 6.48. The van der Waals surface area contributed by atoms with Gasteiger partial charge in [-0.1, -0.05) is 18.2 Å². The highest BCUT2D eigenvalue weighted by Gasteiger charge is 2.32. The summed E-state index contributed by atoms with van der Waals surface area (Å²) in [6.07, 6.45) is 5.91. The zero-order chi connectivity index (χ0) is 8.48. The molecule has 1 aliphatic rings. The maximum atomic E-state index is 11.0. The number of carbonyl (C=O) groups is 1. The van der Waals surface area contributed by atoms with Gasteiger partial charge in [-0.25, -0.2) is 0 Å². The Hall–Kier alpha value is -0.0400. The van der Waals surface area contributed by atoms with E-state index in [4.69, 9.17) is 22.5 Å². The van der Waals surface area contributed by atoms with Gasteiger partial charge in [0.15, 0.2) is 5.78 Å². The topological polar surface area (TPSA) is 34.1 Å². The minimum Gasteiger partial charge on any atom is -0.294 e. The largest absolute Gasteiger partial charge is 0.294 e. The Kier molecular flexibility index (Phi) is 2.58. The minimum absolute atomic E-state index is 0.305. The van der Waals surface area contributed by atoms with Gasteiger partial charge in [0.1, 0.15) is 5.66 Å². The summed E-state index contributed by atoms with van der Waals surface area (Å²) in [5, 5.41) is 0. The highest BCUT2D eigenvalue weighted by molar-refractivity contribution is 8.09. The molecule has 0 aromatic rings. The van der Waals surface area contributed by atoms with E-state index >= 15 is 0 Å². The van der Waals surface area contributed by atoms with Crippen LogP contribution in [0.25, 0.3) is 0 Å². The van der Waals surface area contributed by atoms with Gasteiger partial charge in [0.2, 0.25) is 0 Å². The zero-order valence-electron chi connectivity index (χ0n) is 5.41. The van der Waals surface area contributed by atoms with Crippen molar-refractivity contribution in [3.05, 3.63) is 24.3 Å². The molecule has 0 aliphatic heterocycles. The van der Waals surface area contributed by atoms with Crippen molar-refractivity contribution in [3.63, 3.8) is 0 Å². The Balaban J connectivity index is 2.91. The van der Waals surface area contributed by atoms with E-state index < -0.39 is 11.5 Å². The molecule has 0 bridgehead atoms. The number of ketones is 1. The quantitative estimate of drug-likeness (QED) is 0.624. The van der Waals surface area contributed by atoms with Gasteiger partial charge in [-0.2, -0.15) is 0 Å². The first-order valence-electron chi connectivity index (χ1n) is 2.89. The summed E-state index contributed by atoms with van der Waals surface area (Å²) < 4.78 is 11.0. The maximum absolute atomic E-state index is 11.0. The fourth-order valence-electron chi connectivity index (χ4n) is 0.762. The molecule has 2 nitrogen and oxygen atoms in total. The van der Waals surface area contributed by atoms with E-state index in [9.17, 15) is 9.36 Å². The Bertz CT molecular complexity index is 276. The molecule has 0 heterocycles. The van der Waals surface area contributed by atoms with Crippen LogP contribution in [0.1, 0.15) is 0 Å². The molecule has 0 saturated heterocycles. The van der Waals surface area contributed by atoms with Crippen LogP contribution in [0.3, 0.4) is 0 Å². The smallest absolute Gasteiger partial charge is 0.267 e. The Morgan fingerprint density at radius 1 is 1.36 bits per heavy atom. The van der Waals surface area contributed by atoms with Crippen LogP contribution in [0, 0.1) is 0 Å². The summed E-state index contributed by atoms with van der Waals surface area (Å²) in [7, 11) is 0. The molecule has 60 valence electrons. The van der Waals surface area contributed by atoms with E-state index in [2.05, 4.69) is 0 Å². The molecule has 11 heavy (non-hydrogen) atoms. The van der Waals surface area contributed by atoms with Gasteiger partial charge in [0.05, 0.1) is 0 Å². The lowest BCUT2D eigenvalue weighted by atomic mass is 10.2. The summed E-state index contributed by atoms with van der Waals surface area (Å²) in [5.41, 5.74) is -0.851. The third-order valence-corrected chi connectivity index (χ3v) is 3.62. The second kappa shape index (κ2) is 3.14. The standard InChI is InChI=1S/C6H5Cl2O2P/c7-11(8,10)6-4-2-1-3-5(6)9/h1-4,6H. The highest BCUT2D eigenvalue weighted by atomic mass is 35.9. The van der Waals surface area contributed by atoms with Crippen LogP contribution in [-0.4, -0.2) is 11.4 Å². The highest BCUT2D eigenvalue weighted by Crippen LogP contribution is 2.61. The zero-order valence-corrected chi connectivity index (χ0v) is 7.81. The van der Waals surface area contributed by atoms with Gasteiger partial charge in [-0.3, -0.25) is 9.36 Å². The number of rotatable bonds is 1. The molecule has 0 saturated carbocycles. The molecule has 0 N–H and O–H groups in total. The molecule has 1 unspecified atom stereocenters. The average Bonchev–Trinajstić information content (AvgIpc) is 1.86. The molecule has 1 aliphatic carbocycles. The monoisotopic (exact) mass is 210 g/mol. The molecule has 0 spiro atoms. The molecule has 1 atom stereocenters. The van der Waals surface area contributed by atoms with E-state index in [1.807, 2.05) is 0 Å². The maximum Gasteiger partial charge on any atom is 0.267 e. The molecule has 0 aromatic heterocycles. The van der Waals surface area contributed by atoms with Crippen molar-refractivity contribution in [2.75, 3.05) is 0 Å². The van der Waals surface area contributed by atoms with Crippen molar-refractivity contribution in [2.24, 2.45) is 0 Å². The van der Waals surface area contributed by atoms with E-state index in [0.717, 1.165) is 0 Å². The van der Waals surface area contributed by atoms with Crippen LogP contribution in [0.5, 0.6) is 0 Å². The lowest BCUT2D eigenvalue weighted by Gasteiger charge is -2.11. The van der Waals surface area contributed by atoms with E-state index in [0.29, 0.717) is 0 Å². The van der Waals surface area contributed by atoms with Crippen LogP contribution < -0.4 is 0 Å². The third kappa shape index (κ3) is 2.19. The molecule has 0 amide bonds. The molecule has 0 fully saturated rings. The molecule has 1 rings (SSSR count). The third-order valence-electron chi connectivity index (χ3n) is 1.28. The van der Waals surface area contributed by atoms with Crippen LogP contribution in [0.15, 0.2) is 24.3 Å². The van der Waals surface area contributed by atoms with Crippen molar-refractivity contribution in [1.82, 2.24) is 0 Å². The SMILES string of the molecule is O=C1C=CC=CC1P(=O)(Cl)Cl. The van der Waals surface area contributed by atoms with Crippen LogP contribution in [0.4, 0.5) is 0 Å². The summed E-state index contributed by atoms with van der Waals surface area (Å²) in [6.45, 7) is 0. The van der Waals surface area contributed by atoms with Crippen molar-refractivity contribution in [3.8, 4) is 0 Å². The average molecular weight is 211 g/mol. The van der Waals surface area contributed by atoms with Crippen molar-refractivity contribution >= 4 is 34.1 Å². The summed E-state index contributed by atoms with van der Waals surface area (Å²) >= 11 is 10.6. The molecular formula is C6H5Cl2O2P. The predicted octanol–water partition coefficient (Wildman–Crippen LogP) is 2.72. The Morgan fingerprint density at radius 3 is 2.36 bits per heavy atom. The molecule has 5 heteroatoms. The Morgan fingerprint density at radius 2 is 2.00 bits per heavy atom. The number of halogens is 2. The van der Waals surface area contributed by atoms with Crippen molar-refractivity contribution in [2.45, 2.75) is 5.66 Å². The van der Waals surface area contributed by atoms with E-state index in [1.165, 1.54) is 12.2 Å². The molecule has 0 aromatic carbocycles. The Labute approximate surface area is 73.8 Å². The van der Waals surface area contributed by atoms with Gasteiger partial charge in [0, 0.05) is 0 Å². The first-order chi connectivity index (χ1) is 5.02. The molecule has 0 radical (unpaired) electrons. The summed E-state index contributed by atoms with van der Waals surface area (Å²) in [4.78, 5) is 11.0. The normalized spacial score (nSPS) is 24.2. The van der Waals surface area contributed by atoms with E-state index in [1.54, 1.807) is 12.2 Å². The fraction of sp³-hybridized carbons (Fsp3) is 0.167. The van der Waals surface area contributed by atoms with Gasteiger partial charge < -0.3 is 0 Å². The van der Waals surface area contributed by atoms with Crippen molar-refractivity contribution in [1.29, 1.82) is 0 Å². The van der Waals surface area contributed by atoms with Crippen LogP contribution >= 0.6 is 28.3 Å². The second-order valence-corrected chi connectivity index (χ2v) is 7.19. The predicted molar refractivity (Wildman–Crippen MR) is 46.4 cm³/mol. The van der Waals surface area contributed by atoms with Crippen molar-refractivity contribution < 1.29 is 9.36 Å². The van der Waals surface area contributed by atoms with Gasteiger partial charge in [0.25, 0.3) is 5.85 Å². The first kappa shape index (κ1) is 9.05. The lowest BCUT2D eigenvalue weighted by Crippen LogP contribution is -2.14. The number of hydrogen-bond donors (Lipinski definition) is 0. The number of hydrogen-bond acceptors (Lipinski definition) is 2. The minimum atomic E-state index is -3.34. The van der Waals surface area contributed by atoms with Gasteiger partial charge >= 0.3 is 0 Å². The van der Waals surface area contributed by atoms with Crippen LogP contribution in [-0.2, 0) is 9.36 Å². The second-order valence-electron chi connectivity index (χ2n) is 2.09. The number of carbonyl (C=O) groups excluding carboxylic acids is 1. The number of allylic oxidation sites excluding steroid dienone is 4. The van der Waals surface area contributed by atoms with Crippen LogP contribution in [0.2, 0.25) is 0 Å². The fourth-order valence-corrected chi connectivity index (χ4v) is 2.41.